The standard InChI is InChI=1S/C23H25N3O4/c1-3-29-19-10-6-16(7-11-19)15-21(27)26-14-4-5-20(26)23-24-22(25-30-23)17-8-12-18(28-2)13-9-17/h6-13,20H,3-5,14-15H2,1-2H3/t20-/m1/s1. The van der Waals surface area contributed by atoms with Gasteiger partial charge in [-0.2, -0.15) is 4.98 Å². The average molecular weight is 407 g/mol. The molecule has 0 spiro atoms. The lowest BCUT2D eigenvalue weighted by molar-refractivity contribution is -0.131. The lowest BCUT2D eigenvalue weighted by Gasteiger charge is -2.22. The van der Waals surface area contributed by atoms with E-state index < -0.39 is 0 Å². The zero-order valence-electron chi connectivity index (χ0n) is 17.2. The number of likely N-dealkylation sites (tertiary alicyclic amines) is 1. The summed E-state index contributed by atoms with van der Waals surface area (Å²) in [6, 6.07) is 15.0. The van der Waals surface area contributed by atoms with E-state index in [9.17, 15) is 4.79 Å². The van der Waals surface area contributed by atoms with E-state index in [1.165, 1.54) is 0 Å². The van der Waals surface area contributed by atoms with Crippen molar-refractivity contribution in [2.75, 3.05) is 20.3 Å². The molecule has 1 amide bonds. The highest BCUT2D eigenvalue weighted by atomic mass is 16.5. The summed E-state index contributed by atoms with van der Waals surface area (Å²) < 4.78 is 16.2. The molecule has 2 heterocycles. The summed E-state index contributed by atoms with van der Waals surface area (Å²) in [6.45, 7) is 3.26. The van der Waals surface area contributed by atoms with Gasteiger partial charge in [-0.15, -0.1) is 0 Å². The maximum absolute atomic E-state index is 12.9. The van der Waals surface area contributed by atoms with Crippen LogP contribution in [0.2, 0.25) is 0 Å². The van der Waals surface area contributed by atoms with Crippen molar-refractivity contribution in [3.05, 3.63) is 60.0 Å². The summed E-state index contributed by atoms with van der Waals surface area (Å²) in [5.74, 6) is 2.64. The normalized spacial score (nSPS) is 15.9. The molecule has 0 saturated carbocycles. The smallest absolute Gasteiger partial charge is 0.249 e. The fourth-order valence-electron chi connectivity index (χ4n) is 3.70. The second-order valence-electron chi connectivity index (χ2n) is 7.18. The third-order valence-electron chi connectivity index (χ3n) is 5.24. The number of amides is 1. The third-order valence-corrected chi connectivity index (χ3v) is 5.24. The van der Waals surface area contributed by atoms with Gasteiger partial charge in [0, 0.05) is 12.1 Å². The van der Waals surface area contributed by atoms with E-state index in [1.54, 1.807) is 7.11 Å². The van der Waals surface area contributed by atoms with Crippen molar-refractivity contribution in [2.24, 2.45) is 0 Å². The molecule has 0 unspecified atom stereocenters. The summed E-state index contributed by atoms with van der Waals surface area (Å²) in [7, 11) is 1.63. The first-order valence-electron chi connectivity index (χ1n) is 10.2. The van der Waals surface area contributed by atoms with Crippen LogP contribution in [0.25, 0.3) is 11.4 Å². The molecule has 1 atom stereocenters. The van der Waals surface area contributed by atoms with Gasteiger partial charge in [-0.3, -0.25) is 4.79 Å². The van der Waals surface area contributed by atoms with Gasteiger partial charge in [0.1, 0.15) is 17.5 Å². The second kappa shape index (κ2) is 8.98. The number of carbonyl (C=O) groups is 1. The maximum Gasteiger partial charge on any atom is 0.249 e. The second-order valence-corrected chi connectivity index (χ2v) is 7.18. The quantitative estimate of drug-likeness (QED) is 0.588. The van der Waals surface area contributed by atoms with Gasteiger partial charge in [0.25, 0.3) is 0 Å². The summed E-state index contributed by atoms with van der Waals surface area (Å²) in [4.78, 5) is 19.4. The molecule has 7 heteroatoms. The molecule has 4 rings (SSSR count). The highest BCUT2D eigenvalue weighted by Crippen LogP contribution is 2.33. The molecule has 3 aromatic rings. The first-order valence-corrected chi connectivity index (χ1v) is 10.2. The Morgan fingerprint density at radius 2 is 1.87 bits per heavy atom. The number of rotatable bonds is 7. The summed E-state index contributed by atoms with van der Waals surface area (Å²) in [5, 5.41) is 4.11. The SMILES string of the molecule is CCOc1ccc(CC(=O)N2CCC[C@@H]2c2nc(-c3ccc(OC)cc3)no2)cc1. The molecule has 30 heavy (non-hydrogen) atoms. The molecule has 1 fully saturated rings. The molecule has 1 aliphatic rings. The molecular formula is C23H25N3O4. The molecule has 1 aromatic heterocycles. The van der Waals surface area contributed by atoms with Crippen LogP contribution in [0.5, 0.6) is 11.5 Å². The van der Waals surface area contributed by atoms with Crippen molar-refractivity contribution >= 4 is 5.91 Å². The van der Waals surface area contributed by atoms with E-state index in [4.69, 9.17) is 14.0 Å². The Hall–Kier alpha value is -3.35. The largest absolute Gasteiger partial charge is 0.497 e. The molecule has 0 N–H and O–H groups in total. The highest BCUT2D eigenvalue weighted by molar-refractivity contribution is 5.79. The van der Waals surface area contributed by atoms with Crippen molar-refractivity contribution in [3.63, 3.8) is 0 Å². The maximum atomic E-state index is 12.9. The summed E-state index contributed by atoms with van der Waals surface area (Å²) in [5.41, 5.74) is 1.80. The molecule has 0 bridgehead atoms. The third kappa shape index (κ3) is 4.30. The Labute approximate surface area is 175 Å². The number of aromatic nitrogens is 2. The predicted octanol–water partition coefficient (Wildman–Crippen LogP) is 4.05. The molecule has 2 aromatic carbocycles. The Bertz CT molecular complexity index is 982. The van der Waals surface area contributed by atoms with Crippen LogP contribution in [-0.2, 0) is 11.2 Å². The van der Waals surface area contributed by atoms with E-state index >= 15 is 0 Å². The molecular weight excluding hydrogens is 382 g/mol. The number of hydrogen-bond acceptors (Lipinski definition) is 6. The van der Waals surface area contributed by atoms with E-state index in [2.05, 4.69) is 10.1 Å². The van der Waals surface area contributed by atoms with Crippen molar-refractivity contribution in [3.8, 4) is 22.9 Å². The minimum atomic E-state index is -0.181. The molecule has 7 nitrogen and oxygen atoms in total. The van der Waals surface area contributed by atoms with Crippen LogP contribution >= 0.6 is 0 Å². The van der Waals surface area contributed by atoms with Gasteiger partial charge in [-0.25, -0.2) is 0 Å². The number of ether oxygens (including phenoxy) is 2. The van der Waals surface area contributed by atoms with Crippen LogP contribution in [0.1, 0.15) is 37.3 Å². The minimum Gasteiger partial charge on any atom is -0.497 e. The van der Waals surface area contributed by atoms with Gasteiger partial charge in [-0.1, -0.05) is 17.3 Å². The van der Waals surface area contributed by atoms with E-state index in [0.717, 1.165) is 35.5 Å². The first-order chi connectivity index (χ1) is 14.7. The van der Waals surface area contributed by atoms with Crippen molar-refractivity contribution in [1.29, 1.82) is 0 Å². The molecule has 0 radical (unpaired) electrons. The fourth-order valence-corrected chi connectivity index (χ4v) is 3.70. The Morgan fingerprint density at radius 3 is 2.57 bits per heavy atom. The Balaban J connectivity index is 1.45. The van der Waals surface area contributed by atoms with Crippen LogP contribution in [0.4, 0.5) is 0 Å². The summed E-state index contributed by atoms with van der Waals surface area (Å²) >= 11 is 0. The van der Waals surface area contributed by atoms with E-state index in [-0.39, 0.29) is 11.9 Å². The molecule has 156 valence electrons. The van der Waals surface area contributed by atoms with Crippen LogP contribution in [0.15, 0.2) is 53.1 Å². The van der Waals surface area contributed by atoms with Crippen LogP contribution < -0.4 is 9.47 Å². The Kier molecular flexibility index (Phi) is 5.97. The zero-order chi connectivity index (χ0) is 20.9. The molecule has 1 saturated heterocycles. The summed E-state index contributed by atoms with van der Waals surface area (Å²) in [6.07, 6.45) is 2.07. The number of benzene rings is 2. The van der Waals surface area contributed by atoms with Crippen LogP contribution in [0, 0.1) is 0 Å². The highest BCUT2D eigenvalue weighted by Gasteiger charge is 2.34. The topological polar surface area (TPSA) is 77.7 Å². The van der Waals surface area contributed by atoms with Gasteiger partial charge < -0.3 is 18.9 Å². The lowest BCUT2D eigenvalue weighted by atomic mass is 10.1. The lowest BCUT2D eigenvalue weighted by Crippen LogP contribution is -2.32. The zero-order valence-corrected chi connectivity index (χ0v) is 17.2. The van der Waals surface area contributed by atoms with Gasteiger partial charge in [-0.05, 0) is 61.7 Å². The van der Waals surface area contributed by atoms with Gasteiger partial charge in [0.15, 0.2) is 0 Å². The average Bonchev–Trinajstić information content (AvgIpc) is 3.45. The number of carbonyl (C=O) groups excluding carboxylic acids is 1. The monoisotopic (exact) mass is 407 g/mol. The van der Waals surface area contributed by atoms with Crippen molar-refractivity contribution < 1.29 is 18.8 Å². The van der Waals surface area contributed by atoms with E-state index in [0.29, 0.717) is 31.3 Å². The molecule has 1 aliphatic heterocycles. The minimum absolute atomic E-state index is 0.0610. The van der Waals surface area contributed by atoms with Gasteiger partial charge in [0.2, 0.25) is 17.6 Å². The Morgan fingerprint density at radius 1 is 1.13 bits per heavy atom. The predicted molar refractivity (Wildman–Crippen MR) is 111 cm³/mol. The van der Waals surface area contributed by atoms with E-state index in [1.807, 2.05) is 60.4 Å². The van der Waals surface area contributed by atoms with Gasteiger partial charge in [0.05, 0.1) is 20.1 Å². The first kappa shape index (κ1) is 19.9. The van der Waals surface area contributed by atoms with Gasteiger partial charge >= 0.3 is 0 Å². The van der Waals surface area contributed by atoms with Crippen LogP contribution in [-0.4, -0.2) is 41.2 Å². The van der Waals surface area contributed by atoms with Crippen molar-refractivity contribution in [1.82, 2.24) is 15.0 Å². The van der Waals surface area contributed by atoms with Crippen molar-refractivity contribution in [2.45, 2.75) is 32.2 Å². The molecule has 0 aliphatic carbocycles. The number of nitrogens with zero attached hydrogens (tertiary/aromatic N) is 3. The number of hydrogen-bond donors (Lipinski definition) is 0. The number of methoxy groups -OCH3 is 1. The van der Waals surface area contributed by atoms with Crippen LogP contribution in [0.3, 0.4) is 0 Å². The fraction of sp³-hybridized carbons (Fsp3) is 0.348.